The third-order valence-electron chi connectivity index (χ3n) is 5.67. The number of aromatic nitrogens is 2. The Morgan fingerprint density at radius 2 is 1.97 bits per heavy atom. The normalized spacial score (nSPS) is 23.0. The van der Waals surface area contributed by atoms with Crippen LogP contribution in [-0.2, 0) is 14.8 Å². The molecular weight excluding hydrogens is 442 g/mol. The van der Waals surface area contributed by atoms with Crippen molar-refractivity contribution in [1.29, 1.82) is 0 Å². The number of nitrogens with one attached hydrogen (secondary N) is 1. The van der Waals surface area contributed by atoms with E-state index in [1.807, 2.05) is 20.8 Å². The summed E-state index contributed by atoms with van der Waals surface area (Å²) in [4.78, 5) is 29.6. The van der Waals surface area contributed by atoms with Crippen LogP contribution in [0.15, 0.2) is 41.3 Å². The molecule has 1 fully saturated rings. The van der Waals surface area contributed by atoms with E-state index in [9.17, 15) is 14.7 Å². The van der Waals surface area contributed by atoms with Crippen molar-refractivity contribution in [3.8, 4) is 5.75 Å². The molecule has 2 heterocycles. The van der Waals surface area contributed by atoms with Crippen LogP contribution in [0.4, 0.5) is 5.82 Å². The van der Waals surface area contributed by atoms with E-state index in [2.05, 4.69) is 23.4 Å². The summed E-state index contributed by atoms with van der Waals surface area (Å²) in [5.74, 6) is 0.395. The van der Waals surface area contributed by atoms with Crippen molar-refractivity contribution < 1.29 is 24.1 Å². The van der Waals surface area contributed by atoms with Crippen molar-refractivity contribution in [2.45, 2.75) is 63.4 Å². The number of benzene rings is 1. The minimum absolute atomic E-state index is 0.142. The summed E-state index contributed by atoms with van der Waals surface area (Å²) in [7, 11) is -0.124. The smallest absolute Gasteiger partial charge is 0.351 e. The highest BCUT2D eigenvalue weighted by Crippen LogP contribution is 2.37. The molecule has 1 saturated heterocycles. The van der Waals surface area contributed by atoms with Gasteiger partial charge < -0.3 is 24.6 Å². The minimum atomic E-state index is -1.67. The first kappa shape index (κ1) is 25.1. The number of rotatable bonds is 7. The van der Waals surface area contributed by atoms with Crippen LogP contribution in [0, 0.1) is 0 Å². The maximum absolute atomic E-state index is 13.0. The van der Waals surface area contributed by atoms with E-state index in [4.69, 9.17) is 14.2 Å². The quantitative estimate of drug-likeness (QED) is 0.590. The van der Waals surface area contributed by atoms with Crippen LogP contribution in [-0.4, -0.2) is 60.9 Å². The molecule has 0 radical (unpaired) electrons. The summed E-state index contributed by atoms with van der Waals surface area (Å²) in [6, 6.07) is 8.18. The topological polar surface area (TPSA) is 112 Å². The average Bonchev–Trinajstić information content (AvgIpc) is 3.09. The molecule has 3 atom stereocenters. The molecule has 1 aliphatic heterocycles. The van der Waals surface area contributed by atoms with Gasteiger partial charge in [-0.05, 0) is 51.1 Å². The Morgan fingerprint density at radius 3 is 2.52 bits per heavy atom. The molecule has 2 N–H and O–H groups in total. The van der Waals surface area contributed by atoms with Gasteiger partial charge in [0, 0.05) is 18.2 Å². The van der Waals surface area contributed by atoms with E-state index >= 15 is 0 Å². The van der Waals surface area contributed by atoms with Gasteiger partial charge in [-0.1, -0.05) is 13.1 Å². The standard InChI is InChI=1S/C23H33N3O6Si/c1-22(2,3)31-14-18-17(27)13-23(32-18,33(5)6)26-12-11-19(25-21(26)29)24-20(28)15-7-9-16(30-4)10-8-15/h7-12,17-18,27,33H,13-14H2,1-6H3,(H,24,25,28,29)/t17-,18+,23-/m0/s1. The lowest BCUT2D eigenvalue weighted by atomic mass is 10.1. The number of hydrogen-bond donors (Lipinski definition) is 2. The molecule has 1 aromatic carbocycles. The molecule has 9 nitrogen and oxygen atoms in total. The van der Waals surface area contributed by atoms with E-state index in [0.29, 0.717) is 11.3 Å². The first-order chi connectivity index (χ1) is 15.4. The highest BCUT2D eigenvalue weighted by atomic mass is 28.3. The van der Waals surface area contributed by atoms with Gasteiger partial charge in [0.15, 0.2) is 0 Å². The van der Waals surface area contributed by atoms with Crippen molar-refractivity contribution in [1.82, 2.24) is 9.55 Å². The fourth-order valence-electron chi connectivity index (χ4n) is 3.79. The van der Waals surface area contributed by atoms with Crippen molar-refractivity contribution in [3.05, 3.63) is 52.6 Å². The van der Waals surface area contributed by atoms with Gasteiger partial charge in [0.1, 0.15) is 23.0 Å². The number of carbonyl (C=O) groups is 1. The van der Waals surface area contributed by atoms with E-state index in [1.165, 1.54) is 4.57 Å². The zero-order chi connectivity index (χ0) is 24.4. The summed E-state index contributed by atoms with van der Waals surface area (Å²) in [5.41, 5.74) is -0.503. The van der Waals surface area contributed by atoms with Crippen LogP contribution >= 0.6 is 0 Å². The first-order valence-electron chi connectivity index (χ1n) is 11.0. The summed E-state index contributed by atoms with van der Waals surface area (Å²) in [5, 5.41) is 12.4. The Kier molecular flexibility index (Phi) is 7.42. The van der Waals surface area contributed by atoms with Gasteiger partial charge >= 0.3 is 5.69 Å². The molecule has 1 aromatic heterocycles. The second-order valence-corrected chi connectivity index (χ2v) is 12.7. The third kappa shape index (κ3) is 5.70. The van der Waals surface area contributed by atoms with Crippen LogP contribution in [0.1, 0.15) is 37.6 Å². The van der Waals surface area contributed by atoms with Crippen LogP contribution in [0.2, 0.25) is 13.1 Å². The second kappa shape index (κ2) is 9.76. The number of amides is 1. The van der Waals surface area contributed by atoms with Gasteiger partial charge in [0.2, 0.25) is 0 Å². The first-order valence-corrected chi connectivity index (χ1v) is 13.9. The Bertz CT molecular complexity index is 1030. The molecule has 1 aliphatic rings. The van der Waals surface area contributed by atoms with Crippen LogP contribution in [0.3, 0.4) is 0 Å². The maximum atomic E-state index is 13.0. The third-order valence-corrected chi connectivity index (χ3v) is 8.13. The van der Waals surface area contributed by atoms with Crippen molar-refractivity contribution in [2.75, 3.05) is 19.0 Å². The van der Waals surface area contributed by atoms with Crippen LogP contribution in [0.25, 0.3) is 0 Å². The molecule has 1 amide bonds. The molecule has 0 bridgehead atoms. The van der Waals surface area contributed by atoms with E-state index < -0.39 is 32.0 Å². The van der Waals surface area contributed by atoms with Gasteiger partial charge in [-0.2, -0.15) is 4.98 Å². The molecule has 0 saturated carbocycles. The molecule has 0 spiro atoms. The molecule has 2 aromatic rings. The Labute approximate surface area is 195 Å². The van der Waals surface area contributed by atoms with E-state index in [1.54, 1.807) is 43.6 Å². The summed E-state index contributed by atoms with van der Waals surface area (Å²) < 4.78 is 18.7. The molecule has 3 rings (SSSR count). The van der Waals surface area contributed by atoms with Gasteiger partial charge in [0.25, 0.3) is 5.91 Å². The number of ether oxygens (including phenoxy) is 3. The SMILES string of the molecule is COc1ccc(C(=O)Nc2ccn([C@@]3([SiH](C)C)C[C@H](O)[C@@H](COC(C)(C)C)O3)c(=O)n2)cc1. The van der Waals surface area contributed by atoms with Gasteiger partial charge in [-0.25, -0.2) is 4.79 Å². The zero-order valence-corrected chi connectivity index (χ0v) is 21.1. The van der Waals surface area contributed by atoms with Crippen molar-refractivity contribution in [2.24, 2.45) is 0 Å². The molecule has 10 heteroatoms. The van der Waals surface area contributed by atoms with Crippen molar-refractivity contribution in [3.63, 3.8) is 0 Å². The Balaban J connectivity index is 1.80. The van der Waals surface area contributed by atoms with E-state index in [0.717, 1.165) is 0 Å². The lowest BCUT2D eigenvalue weighted by molar-refractivity contribution is -0.114. The number of carbonyl (C=O) groups excluding carboxylic acids is 1. The lowest BCUT2D eigenvalue weighted by Crippen LogP contribution is -2.51. The molecule has 180 valence electrons. The predicted octanol–water partition coefficient (Wildman–Crippen LogP) is 2.15. The second-order valence-electron chi connectivity index (χ2n) is 9.50. The Hall–Kier alpha value is -2.53. The minimum Gasteiger partial charge on any atom is -0.497 e. The summed E-state index contributed by atoms with van der Waals surface area (Å²) >= 11 is 0. The van der Waals surface area contributed by atoms with Gasteiger partial charge in [0.05, 0.1) is 34.2 Å². The molecule has 33 heavy (non-hydrogen) atoms. The van der Waals surface area contributed by atoms with Crippen LogP contribution in [0.5, 0.6) is 5.75 Å². The average molecular weight is 476 g/mol. The molecule has 0 aliphatic carbocycles. The number of aliphatic hydroxyl groups excluding tert-OH is 1. The summed E-state index contributed by atoms with van der Waals surface area (Å²) in [6.07, 6.45) is 0.559. The zero-order valence-electron chi connectivity index (χ0n) is 20.0. The predicted molar refractivity (Wildman–Crippen MR) is 127 cm³/mol. The highest BCUT2D eigenvalue weighted by molar-refractivity contribution is 6.58. The molecular formula is C23H33N3O6Si. The Morgan fingerprint density at radius 1 is 1.30 bits per heavy atom. The number of methoxy groups -OCH3 is 1. The van der Waals surface area contributed by atoms with E-state index in [-0.39, 0.29) is 30.4 Å². The van der Waals surface area contributed by atoms with Crippen molar-refractivity contribution >= 4 is 20.5 Å². The fourth-order valence-corrected chi connectivity index (χ4v) is 5.71. The fraction of sp³-hybridized carbons (Fsp3) is 0.522. The number of hydrogen-bond acceptors (Lipinski definition) is 7. The van der Waals surface area contributed by atoms with Gasteiger partial charge in [-0.15, -0.1) is 0 Å². The highest BCUT2D eigenvalue weighted by Gasteiger charge is 2.50. The van der Waals surface area contributed by atoms with Crippen LogP contribution < -0.4 is 15.7 Å². The monoisotopic (exact) mass is 475 g/mol. The number of anilines is 1. The summed E-state index contributed by atoms with van der Waals surface area (Å²) in [6.45, 7) is 10.2. The number of aliphatic hydroxyl groups is 1. The molecule has 0 unspecified atom stereocenters. The maximum Gasteiger partial charge on any atom is 0.351 e. The lowest BCUT2D eigenvalue weighted by Gasteiger charge is -2.34. The van der Waals surface area contributed by atoms with Gasteiger partial charge in [-0.3, -0.25) is 9.36 Å². The number of nitrogens with zero attached hydrogens (tertiary/aromatic N) is 2. The largest absolute Gasteiger partial charge is 0.497 e.